The van der Waals surface area contributed by atoms with Gasteiger partial charge in [-0.3, -0.25) is 14.6 Å². The van der Waals surface area contributed by atoms with Crippen LogP contribution in [0.3, 0.4) is 0 Å². The third kappa shape index (κ3) is 3.54. The summed E-state index contributed by atoms with van der Waals surface area (Å²) in [6, 6.07) is 0. The first-order chi connectivity index (χ1) is 17.8. The van der Waals surface area contributed by atoms with Crippen LogP contribution in [0.25, 0.3) is 0 Å². The van der Waals surface area contributed by atoms with Crippen LogP contribution in [0.15, 0.2) is 22.9 Å². The molecule has 0 aromatic carbocycles. The number of allylic oxidation sites excluding steroid dienone is 1. The number of thiazole rings is 1. The summed E-state index contributed by atoms with van der Waals surface area (Å²) >= 11 is 1.36. The monoisotopic (exact) mass is 538 g/mol. The lowest BCUT2D eigenvalue weighted by molar-refractivity contribution is -0.202. The summed E-state index contributed by atoms with van der Waals surface area (Å²) in [4.78, 5) is 31.7. The van der Waals surface area contributed by atoms with E-state index in [1.165, 1.54) is 36.2 Å². The number of aliphatic hydroxyl groups is 1. The molecule has 1 heterocycles. The predicted molar refractivity (Wildman–Crippen MR) is 151 cm³/mol. The predicted octanol–water partition coefficient (Wildman–Crippen LogP) is 6.58. The average Bonchev–Trinajstić information content (AvgIpc) is 3.47. The lowest BCUT2D eigenvalue weighted by atomic mass is 9.37. The Morgan fingerprint density at radius 3 is 2.45 bits per heavy atom. The molecule has 4 saturated carbocycles. The van der Waals surface area contributed by atoms with E-state index in [9.17, 15) is 14.7 Å². The Labute approximate surface area is 232 Å². The number of fused-ring (bicyclic) bond motifs is 7. The average molecular weight is 539 g/mol. The molecule has 208 valence electrons. The minimum Gasteiger partial charge on any atom is -0.393 e. The van der Waals surface area contributed by atoms with Gasteiger partial charge in [-0.25, -0.2) is 0 Å². The minimum absolute atomic E-state index is 0.0426. The van der Waals surface area contributed by atoms with E-state index >= 15 is 0 Å². The van der Waals surface area contributed by atoms with Gasteiger partial charge in [0.15, 0.2) is 5.78 Å². The van der Waals surface area contributed by atoms with Crippen molar-refractivity contribution in [2.45, 2.75) is 111 Å². The second-order valence-electron chi connectivity index (χ2n) is 14.8. The maximum Gasteiger partial charge on any atom is 0.263 e. The highest BCUT2D eigenvalue weighted by Gasteiger charge is 2.66. The van der Waals surface area contributed by atoms with Crippen LogP contribution in [-0.2, 0) is 4.79 Å². The normalized spacial score (nSPS) is 43.8. The van der Waals surface area contributed by atoms with E-state index in [2.05, 4.69) is 51.8 Å². The van der Waals surface area contributed by atoms with Crippen LogP contribution in [0.5, 0.6) is 0 Å². The molecule has 0 spiro atoms. The number of hydrogen-bond acceptors (Lipinski definition) is 5. The summed E-state index contributed by atoms with van der Waals surface area (Å²) < 4.78 is 0. The molecule has 6 heteroatoms. The molecule has 1 amide bonds. The molecule has 5 nitrogen and oxygen atoms in total. The molecule has 4 fully saturated rings. The fourth-order valence-electron chi connectivity index (χ4n) is 11.0. The highest BCUT2D eigenvalue weighted by molar-refractivity contribution is 7.11. The van der Waals surface area contributed by atoms with Gasteiger partial charge >= 0.3 is 0 Å². The molecule has 5 aliphatic rings. The van der Waals surface area contributed by atoms with Crippen LogP contribution in [-0.4, -0.2) is 33.4 Å². The van der Waals surface area contributed by atoms with Crippen LogP contribution in [0.1, 0.15) is 109 Å². The van der Waals surface area contributed by atoms with Crippen molar-refractivity contribution in [2.24, 2.45) is 45.8 Å². The first kappa shape index (κ1) is 26.7. The zero-order valence-electron chi connectivity index (χ0n) is 24.1. The molecule has 1 aromatic rings. The molecular formula is C32H46N2O3S. The summed E-state index contributed by atoms with van der Waals surface area (Å²) in [5, 5.41) is 14.4. The number of aromatic nitrogens is 1. The highest BCUT2D eigenvalue weighted by Crippen LogP contribution is 2.72. The zero-order valence-corrected chi connectivity index (χ0v) is 24.9. The Balaban J connectivity index is 1.38. The lowest BCUT2D eigenvalue weighted by Crippen LogP contribution is -2.64. The van der Waals surface area contributed by atoms with Crippen LogP contribution in [0, 0.1) is 45.8 Å². The number of nitrogens with one attached hydrogen (secondary N) is 1. The molecule has 5 aliphatic carbocycles. The molecule has 0 aliphatic heterocycles. The van der Waals surface area contributed by atoms with Crippen molar-refractivity contribution < 1.29 is 14.7 Å². The molecule has 0 bridgehead atoms. The van der Waals surface area contributed by atoms with Gasteiger partial charge in [0.2, 0.25) is 0 Å². The summed E-state index contributed by atoms with van der Waals surface area (Å²) in [6.07, 6.45) is 10.5. The number of hydrogen-bond donors (Lipinski definition) is 2. The summed E-state index contributed by atoms with van der Waals surface area (Å²) in [5.41, 5.74) is 3.88. The molecule has 38 heavy (non-hydrogen) atoms. The Hall–Kier alpha value is -1.53. The Morgan fingerprint density at radius 2 is 1.76 bits per heavy atom. The summed E-state index contributed by atoms with van der Waals surface area (Å²) in [6.45, 7) is 14.0. The third-order valence-electron chi connectivity index (χ3n) is 12.6. The van der Waals surface area contributed by atoms with E-state index in [-0.39, 0.29) is 40.0 Å². The van der Waals surface area contributed by atoms with Crippen LogP contribution in [0.2, 0.25) is 0 Å². The first-order valence-electron chi connectivity index (χ1n) is 15.0. The molecule has 6 rings (SSSR count). The van der Waals surface area contributed by atoms with Crippen molar-refractivity contribution in [2.75, 3.05) is 0 Å². The van der Waals surface area contributed by atoms with E-state index in [4.69, 9.17) is 0 Å². The standard InChI is InChI=1S/C32H46N2O3S/c1-18(2)26-21(35)15-32(34-28(37)22-16-33-17-38-22)14-9-20-19(27(26)32)7-8-24-30(20,5)12-10-23-29(3,4)25(36)11-13-31(23,24)6/h16-20,23-25,36H,7-15H2,1-6H3,(H,34,37). The second kappa shape index (κ2) is 8.73. The molecule has 0 saturated heterocycles. The molecule has 8 atom stereocenters. The topological polar surface area (TPSA) is 79.3 Å². The number of ketones is 1. The number of aliphatic hydroxyl groups excluding tert-OH is 1. The SMILES string of the molecule is CC(C)C1=C2C3CCC4C(C)(CCC5C(C)(C)C(O)CCC54C)C3CCC2(NC(=O)c2cncs2)CC1=O. The van der Waals surface area contributed by atoms with Crippen molar-refractivity contribution in [3.63, 3.8) is 0 Å². The summed E-state index contributed by atoms with van der Waals surface area (Å²) in [5.74, 6) is 2.41. The van der Waals surface area contributed by atoms with Crippen LogP contribution < -0.4 is 5.32 Å². The second-order valence-corrected chi connectivity index (χ2v) is 15.7. The van der Waals surface area contributed by atoms with Gasteiger partial charge in [-0.15, -0.1) is 11.3 Å². The molecule has 8 unspecified atom stereocenters. The Kier molecular flexibility index (Phi) is 6.13. The van der Waals surface area contributed by atoms with Crippen molar-refractivity contribution in [1.82, 2.24) is 10.3 Å². The number of carbonyl (C=O) groups excluding carboxylic acids is 2. The number of nitrogens with zero attached hydrogens (tertiary/aromatic N) is 1. The highest BCUT2D eigenvalue weighted by atomic mass is 32.1. The zero-order chi connectivity index (χ0) is 27.3. The van der Waals surface area contributed by atoms with E-state index < -0.39 is 5.54 Å². The van der Waals surface area contributed by atoms with Crippen molar-refractivity contribution >= 4 is 23.0 Å². The maximum absolute atomic E-state index is 13.6. The fourth-order valence-corrected chi connectivity index (χ4v) is 11.5. The number of carbonyl (C=O) groups is 2. The Morgan fingerprint density at radius 1 is 1.03 bits per heavy atom. The van der Waals surface area contributed by atoms with E-state index in [0.29, 0.717) is 35.0 Å². The number of rotatable bonds is 3. The lowest BCUT2D eigenvalue weighted by Gasteiger charge is -2.68. The number of amides is 1. The van der Waals surface area contributed by atoms with E-state index in [1.807, 2.05) is 0 Å². The molecule has 1 aromatic heterocycles. The van der Waals surface area contributed by atoms with Gasteiger partial charge in [-0.2, -0.15) is 0 Å². The van der Waals surface area contributed by atoms with Gasteiger partial charge in [-0.05, 0) is 108 Å². The van der Waals surface area contributed by atoms with Crippen LogP contribution >= 0.6 is 11.3 Å². The quantitative estimate of drug-likeness (QED) is 0.456. The van der Waals surface area contributed by atoms with Gasteiger partial charge in [0.25, 0.3) is 5.91 Å². The van der Waals surface area contributed by atoms with Gasteiger partial charge in [0.05, 0.1) is 23.4 Å². The molecular weight excluding hydrogens is 492 g/mol. The van der Waals surface area contributed by atoms with E-state index in [1.54, 1.807) is 11.7 Å². The van der Waals surface area contributed by atoms with Gasteiger partial charge in [0.1, 0.15) is 4.88 Å². The van der Waals surface area contributed by atoms with Gasteiger partial charge < -0.3 is 10.4 Å². The van der Waals surface area contributed by atoms with Crippen molar-refractivity contribution in [1.29, 1.82) is 0 Å². The smallest absolute Gasteiger partial charge is 0.263 e. The minimum atomic E-state index is -0.542. The molecule has 0 radical (unpaired) electrons. The maximum atomic E-state index is 13.6. The first-order valence-corrected chi connectivity index (χ1v) is 15.9. The van der Waals surface area contributed by atoms with Crippen molar-refractivity contribution in [3.8, 4) is 0 Å². The molecule has 2 N–H and O–H groups in total. The Bertz CT molecular complexity index is 1170. The largest absolute Gasteiger partial charge is 0.393 e. The van der Waals surface area contributed by atoms with Gasteiger partial charge in [-0.1, -0.05) is 41.5 Å². The fraction of sp³-hybridized carbons (Fsp3) is 0.781. The van der Waals surface area contributed by atoms with Crippen LogP contribution in [0.4, 0.5) is 0 Å². The van der Waals surface area contributed by atoms with Gasteiger partial charge in [0, 0.05) is 6.42 Å². The van der Waals surface area contributed by atoms with E-state index in [0.717, 1.165) is 37.7 Å². The third-order valence-corrected chi connectivity index (χ3v) is 13.4. The number of Topliss-reactive ketones (excluding diaryl/α,β-unsaturated/α-hetero) is 1. The summed E-state index contributed by atoms with van der Waals surface area (Å²) in [7, 11) is 0. The van der Waals surface area contributed by atoms with Crippen molar-refractivity contribution in [3.05, 3.63) is 27.7 Å².